The number of Topliss-reactive ketones (excluding diaryl/α,β-unsaturated/α-hetero) is 1. The van der Waals surface area contributed by atoms with E-state index < -0.39 is 192 Å². The van der Waals surface area contributed by atoms with Gasteiger partial charge in [-0.05, 0) is 17.7 Å². The largest absolute Gasteiger partial charge is 0.484 e. The molecule has 0 saturated carbocycles. The minimum Gasteiger partial charge on any atom is -0.484 e. The second-order valence-electron chi connectivity index (χ2n) is 17.0. The number of fused-ring (bicyclic) bond motifs is 1. The van der Waals surface area contributed by atoms with Crippen molar-refractivity contribution in [3.63, 3.8) is 0 Å². The molecule has 3 aliphatic heterocycles. The molecule has 2 fully saturated rings. The molecule has 0 amide bonds. The van der Waals surface area contributed by atoms with Crippen LogP contribution in [0.25, 0.3) is 0 Å². The molecule has 26 nitrogen and oxygen atoms in total. The topological polar surface area (TPSA) is 334 Å². The number of hydrogen-bond donors (Lipinski definition) is 0. The molecule has 5 rings (SSSR count). The molecule has 0 bridgehead atoms. The van der Waals surface area contributed by atoms with Gasteiger partial charge < -0.3 is 66.3 Å². The first-order valence-corrected chi connectivity index (χ1v) is 22.9. The number of ketones is 1. The van der Waals surface area contributed by atoms with Gasteiger partial charge in [-0.25, -0.2) is 0 Å². The molecule has 406 valence electrons. The van der Waals surface area contributed by atoms with Crippen LogP contribution in [-0.4, -0.2) is 133 Å². The van der Waals surface area contributed by atoms with Crippen LogP contribution in [0.15, 0.2) is 24.3 Å². The Balaban J connectivity index is 2.05. The van der Waals surface area contributed by atoms with Crippen LogP contribution in [0.5, 0.6) is 23.0 Å². The normalized spacial score (nSPS) is 24.7. The summed E-state index contributed by atoms with van der Waals surface area (Å²) in [6.45, 7) is 9.06. The van der Waals surface area contributed by atoms with Crippen LogP contribution < -0.4 is 18.9 Å². The van der Waals surface area contributed by atoms with Gasteiger partial charge >= 0.3 is 65.7 Å². The average molecular weight is 1060 g/mol. The van der Waals surface area contributed by atoms with E-state index in [2.05, 4.69) is 0 Å². The van der Waals surface area contributed by atoms with Crippen LogP contribution in [-0.2, 0) is 100 Å². The van der Waals surface area contributed by atoms with Gasteiger partial charge in [0.05, 0.1) is 17.5 Å². The van der Waals surface area contributed by atoms with Gasteiger partial charge in [0.15, 0.2) is 48.2 Å². The van der Waals surface area contributed by atoms with E-state index in [1.807, 2.05) is 0 Å². The highest BCUT2D eigenvalue weighted by Gasteiger charge is 2.59. The molecule has 0 N–H and O–H groups in total. The van der Waals surface area contributed by atoms with E-state index in [1.54, 1.807) is 0 Å². The van der Waals surface area contributed by atoms with E-state index in [0.29, 0.717) is 0 Å². The Hall–Kier alpha value is -8.00. The molecule has 0 aliphatic carbocycles. The van der Waals surface area contributed by atoms with Gasteiger partial charge in [0.2, 0.25) is 0 Å². The van der Waals surface area contributed by atoms with E-state index >= 15 is 4.79 Å². The number of hydrogen-bond acceptors (Lipinski definition) is 26. The molecule has 0 radical (unpaired) electrons. The van der Waals surface area contributed by atoms with Crippen molar-refractivity contribution >= 4 is 71.4 Å². The number of esters is 11. The molecular formula is C49H54O26. The SMILES string of the molecule is CC(=O)OC[C@H]1O[C@@H](c2c(OC(C)=O)c3c(c([C@@H]4O[C@H](COC(C)=O)[C@@H](OC(C)=O)[C@H](OC(C)=O)[C@H]4OC(C)=O)c2OC(C)=O)OC(c2ccc(OC(C)=O)cc2)CC3=O)[C@H](OC(C)=O)[C@@H](OC(C)=O)[C@@H]1OC(C)=O. The van der Waals surface area contributed by atoms with Crippen LogP contribution in [0, 0.1) is 0 Å². The standard InChI is InChI=1S/C49H54O26/c1-19(50)62-17-34-39(65-22(4)53)46(69-26(8)57)48(71-28(10)59)44(74-34)37-41(67-24(6)55)36-32(61)16-33(30-12-14-31(15-13-30)64-21(3)52)73-42(36)38(43(37)68-25(7)56)45-49(72-29(11)60)47(70-27(9)58)40(66-23(5)54)35(75-45)18-63-20(2)51/h12-15,33-35,39-40,44-49H,16-18H2,1-11H3/t33?,34-,35-,39-,40-,44+,45+,46+,47+,48+,49+/m1/s1. The minimum absolute atomic E-state index is 0.0933. The van der Waals surface area contributed by atoms with Crippen molar-refractivity contribution in [2.24, 2.45) is 0 Å². The summed E-state index contributed by atoms with van der Waals surface area (Å²) in [4.78, 5) is 157. The Labute approximate surface area is 427 Å². The molecule has 3 aliphatic rings. The van der Waals surface area contributed by atoms with Crippen molar-refractivity contribution < 1.29 is 124 Å². The zero-order valence-corrected chi connectivity index (χ0v) is 42.4. The molecule has 2 saturated heterocycles. The Morgan fingerprint density at radius 2 is 0.813 bits per heavy atom. The predicted octanol–water partition coefficient (Wildman–Crippen LogP) is 2.77. The van der Waals surface area contributed by atoms with E-state index in [9.17, 15) is 52.7 Å². The van der Waals surface area contributed by atoms with E-state index in [-0.39, 0.29) is 11.3 Å². The van der Waals surface area contributed by atoms with Crippen molar-refractivity contribution in [2.45, 2.75) is 150 Å². The minimum atomic E-state index is -2.15. The maximum absolute atomic E-state index is 15.2. The third-order valence-corrected chi connectivity index (χ3v) is 10.9. The summed E-state index contributed by atoms with van der Waals surface area (Å²) >= 11 is 0. The van der Waals surface area contributed by atoms with Crippen molar-refractivity contribution in [1.82, 2.24) is 0 Å². The maximum Gasteiger partial charge on any atom is 0.308 e. The molecule has 0 spiro atoms. The van der Waals surface area contributed by atoms with Gasteiger partial charge in [0.1, 0.15) is 66.5 Å². The first-order valence-electron chi connectivity index (χ1n) is 22.9. The quantitative estimate of drug-likeness (QED) is 0.132. The smallest absolute Gasteiger partial charge is 0.308 e. The third-order valence-electron chi connectivity index (χ3n) is 10.9. The molecule has 2 aromatic carbocycles. The fourth-order valence-corrected chi connectivity index (χ4v) is 8.60. The fourth-order valence-electron chi connectivity index (χ4n) is 8.60. The fraction of sp³-hybridized carbons (Fsp3) is 0.510. The molecule has 26 heteroatoms. The zero-order valence-electron chi connectivity index (χ0n) is 42.4. The number of ether oxygens (including phenoxy) is 14. The van der Waals surface area contributed by atoms with Crippen LogP contribution in [0.2, 0.25) is 0 Å². The summed E-state index contributed by atoms with van der Waals surface area (Å²) in [5, 5.41) is 0. The lowest BCUT2D eigenvalue weighted by molar-refractivity contribution is -0.256. The lowest BCUT2D eigenvalue weighted by Crippen LogP contribution is -2.60. The monoisotopic (exact) mass is 1060 g/mol. The summed E-state index contributed by atoms with van der Waals surface area (Å²) in [6, 6.07) is 5.62. The Morgan fingerprint density at radius 3 is 1.20 bits per heavy atom. The van der Waals surface area contributed by atoms with Gasteiger partial charge in [0, 0.05) is 76.2 Å². The third kappa shape index (κ3) is 14.6. The molecular weight excluding hydrogens is 1000 g/mol. The summed E-state index contributed by atoms with van der Waals surface area (Å²) < 4.78 is 81.5. The number of carbonyl (C=O) groups is 12. The van der Waals surface area contributed by atoms with Crippen LogP contribution >= 0.6 is 0 Å². The highest BCUT2D eigenvalue weighted by molar-refractivity contribution is 6.05. The second kappa shape index (κ2) is 24.8. The van der Waals surface area contributed by atoms with E-state index in [1.165, 1.54) is 31.2 Å². The number of carbonyl (C=O) groups excluding carboxylic acids is 12. The average Bonchev–Trinajstić information content (AvgIpc) is 3.27. The van der Waals surface area contributed by atoms with Gasteiger partial charge in [-0.2, -0.15) is 0 Å². The van der Waals surface area contributed by atoms with Crippen molar-refractivity contribution in [1.29, 1.82) is 0 Å². The Morgan fingerprint density at radius 1 is 0.440 bits per heavy atom. The first-order chi connectivity index (χ1) is 35.2. The highest BCUT2D eigenvalue weighted by atomic mass is 16.7. The molecule has 2 aromatic rings. The Bertz CT molecular complexity index is 2620. The molecule has 1 unspecified atom stereocenters. The number of rotatable bonds is 16. The van der Waals surface area contributed by atoms with Gasteiger partial charge in [-0.3, -0.25) is 57.5 Å². The van der Waals surface area contributed by atoms with Crippen LogP contribution in [0.1, 0.15) is 128 Å². The van der Waals surface area contributed by atoms with Crippen molar-refractivity contribution in [3.05, 3.63) is 46.5 Å². The maximum atomic E-state index is 15.2. The second-order valence-corrected chi connectivity index (χ2v) is 17.0. The molecule has 0 aromatic heterocycles. The summed E-state index contributed by atoms with van der Waals surface area (Å²) in [7, 11) is 0. The van der Waals surface area contributed by atoms with Gasteiger partial charge in [-0.1, -0.05) is 12.1 Å². The van der Waals surface area contributed by atoms with Crippen molar-refractivity contribution in [3.8, 4) is 23.0 Å². The lowest BCUT2D eigenvalue weighted by Gasteiger charge is -2.47. The predicted molar refractivity (Wildman–Crippen MR) is 241 cm³/mol. The zero-order chi connectivity index (χ0) is 55.7. The van der Waals surface area contributed by atoms with Crippen LogP contribution in [0.3, 0.4) is 0 Å². The molecule has 11 atom stereocenters. The summed E-state index contributed by atoms with van der Waals surface area (Å²) in [6.07, 6.45) is -21.2. The molecule has 75 heavy (non-hydrogen) atoms. The van der Waals surface area contributed by atoms with Gasteiger partial charge in [-0.15, -0.1) is 0 Å². The van der Waals surface area contributed by atoms with Crippen LogP contribution in [0.4, 0.5) is 0 Å². The van der Waals surface area contributed by atoms with Crippen molar-refractivity contribution in [2.75, 3.05) is 13.2 Å². The number of benzene rings is 2. The first kappa shape index (κ1) is 57.9. The summed E-state index contributed by atoms with van der Waals surface area (Å²) in [5.74, 6) is -14.3. The highest BCUT2D eigenvalue weighted by Crippen LogP contribution is 2.58. The molecule has 3 heterocycles. The van der Waals surface area contributed by atoms with E-state index in [0.717, 1.165) is 69.2 Å². The lowest BCUT2D eigenvalue weighted by atomic mass is 9.81. The Kier molecular flexibility index (Phi) is 19.2. The summed E-state index contributed by atoms with van der Waals surface area (Å²) in [5.41, 5.74) is -1.78. The van der Waals surface area contributed by atoms with Gasteiger partial charge in [0.25, 0.3) is 0 Å². The van der Waals surface area contributed by atoms with E-state index in [4.69, 9.17) is 66.3 Å².